The van der Waals surface area contributed by atoms with Gasteiger partial charge in [0.25, 0.3) is 0 Å². The fourth-order valence-corrected chi connectivity index (χ4v) is 2.61. The second-order valence-corrected chi connectivity index (χ2v) is 4.50. The molecule has 1 heterocycles. The average molecular weight is 227 g/mol. The Kier molecular flexibility index (Phi) is 2.69. The molecule has 1 aromatic heterocycles. The number of anilines is 1. The van der Waals surface area contributed by atoms with Crippen LogP contribution in [0.4, 0.5) is 5.69 Å². The number of nitrogens with zero attached hydrogens (tertiary/aromatic N) is 1. The number of fused-ring (bicyclic) bond motifs is 2. The lowest BCUT2D eigenvalue weighted by Gasteiger charge is -2.13. The summed E-state index contributed by atoms with van der Waals surface area (Å²) in [6.45, 7) is 1.48. The van der Waals surface area contributed by atoms with Crippen LogP contribution in [0.15, 0.2) is 24.3 Å². The highest BCUT2D eigenvalue weighted by Crippen LogP contribution is 2.33. The highest BCUT2D eigenvalue weighted by Gasteiger charge is 2.18. The molecule has 3 rings (SSSR count). The standard InChI is InChI=1S/C14H17N3/c15-8-9-16-14-10-4-1-2-6-12(10)17-13-7-3-5-11(13)14/h1-2,4,6H,3,5,7-9,15H2,(H,16,17). The van der Waals surface area contributed by atoms with Gasteiger partial charge >= 0.3 is 0 Å². The first-order valence-corrected chi connectivity index (χ1v) is 6.24. The van der Waals surface area contributed by atoms with E-state index in [0.29, 0.717) is 6.54 Å². The predicted molar refractivity (Wildman–Crippen MR) is 71.3 cm³/mol. The van der Waals surface area contributed by atoms with Crippen LogP contribution >= 0.6 is 0 Å². The van der Waals surface area contributed by atoms with Crippen LogP contribution in [0.5, 0.6) is 0 Å². The molecule has 1 aliphatic carbocycles. The number of para-hydroxylation sites is 1. The Morgan fingerprint density at radius 2 is 2.12 bits per heavy atom. The van der Waals surface area contributed by atoms with Crippen molar-refractivity contribution in [3.63, 3.8) is 0 Å². The van der Waals surface area contributed by atoms with Crippen molar-refractivity contribution in [2.45, 2.75) is 19.3 Å². The first-order valence-electron chi connectivity index (χ1n) is 6.24. The Morgan fingerprint density at radius 3 is 3.00 bits per heavy atom. The lowest BCUT2D eigenvalue weighted by Crippen LogP contribution is -2.14. The number of aryl methyl sites for hydroxylation is 1. The molecule has 0 radical (unpaired) electrons. The van der Waals surface area contributed by atoms with Gasteiger partial charge < -0.3 is 11.1 Å². The molecule has 3 heteroatoms. The lowest BCUT2D eigenvalue weighted by atomic mass is 10.1. The van der Waals surface area contributed by atoms with Crippen LogP contribution in [0.1, 0.15) is 17.7 Å². The molecule has 0 aliphatic heterocycles. The zero-order chi connectivity index (χ0) is 11.7. The minimum atomic E-state index is 0.658. The second-order valence-electron chi connectivity index (χ2n) is 4.50. The van der Waals surface area contributed by atoms with Gasteiger partial charge in [-0.25, -0.2) is 0 Å². The van der Waals surface area contributed by atoms with E-state index < -0.39 is 0 Å². The van der Waals surface area contributed by atoms with Gasteiger partial charge in [0.2, 0.25) is 0 Å². The van der Waals surface area contributed by atoms with Crippen molar-refractivity contribution < 1.29 is 0 Å². The zero-order valence-corrected chi connectivity index (χ0v) is 9.87. The number of nitrogens with one attached hydrogen (secondary N) is 1. The second kappa shape index (κ2) is 4.34. The summed E-state index contributed by atoms with van der Waals surface area (Å²) in [6.07, 6.45) is 3.47. The van der Waals surface area contributed by atoms with Gasteiger partial charge in [0.15, 0.2) is 0 Å². The third kappa shape index (κ3) is 1.76. The highest BCUT2D eigenvalue weighted by molar-refractivity contribution is 5.93. The van der Waals surface area contributed by atoms with Crippen LogP contribution in [0, 0.1) is 0 Å². The molecule has 0 atom stereocenters. The van der Waals surface area contributed by atoms with Gasteiger partial charge in [-0.3, -0.25) is 4.98 Å². The van der Waals surface area contributed by atoms with E-state index >= 15 is 0 Å². The van der Waals surface area contributed by atoms with E-state index in [0.717, 1.165) is 24.9 Å². The van der Waals surface area contributed by atoms with Crippen LogP contribution in [-0.4, -0.2) is 18.1 Å². The smallest absolute Gasteiger partial charge is 0.0726 e. The molecule has 1 aromatic carbocycles. The Morgan fingerprint density at radius 1 is 1.24 bits per heavy atom. The molecule has 17 heavy (non-hydrogen) atoms. The summed E-state index contributed by atoms with van der Waals surface area (Å²) in [7, 11) is 0. The van der Waals surface area contributed by atoms with E-state index in [-0.39, 0.29) is 0 Å². The number of hydrogen-bond donors (Lipinski definition) is 2. The van der Waals surface area contributed by atoms with Crippen molar-refractivity contribution in [2.24, 2.45) is 5.73 Å². The lowest BCUT2D eigenvalue weighted by molar-refractivity contribution is 0.901. The molecule has 0 saturated heterocycles. The van der Waals surface area contributed by atoms with Crippen LogP contribution in [0.3, 0.4) is 0 Å². The largest absolute Gasteiger partial charge is 0.383 e. The summed E-state index contributed by atoms with van der Waals surface area (Å²) < 4.78 is 0. The van der Waals surface area contributed by atoms with Gasteiger partial charge in [0, 0.05) is 29.9 Å². The van der Waals surface area contributed by atoms with E-state index in [1.807, 2.05) is 6.07 Å². The predicted octanol–water partition coefficient (Wildman–Crippen LogP) is 2.09. The Balaban J connectivity index is 2.20. The van der Waals surface area contributed by atoms with Crippen molar-refractivity contribution in [2.75, 3.05) is 18.4 Å². The number of nitrogens with two attached hydrogens (primary N) is 1. The molecule has 0 fully saturated rings. The minimum Gasteiger partial charge on any atom is -0.383 e. The molecule has 0 bridgehead atoms. The Bertz CT molecular complexity index is 548. The fraction of sp³-hybridized carbons (Fsp3) is 0.357. The van der Waals surface area contributed by atoms with E-state index in [1.165, 1.54) is 28.8 Å². The number of pyridine rings is 1. The fourth-order valence-electron chi connectivity index (χ4n) is 2.61. The molecule has 0 spiro atoms. The summed E-state index contributed by atoms with van der Waals surface area (Å²) in [6, 6.07) is 8.34. The highest BCUT2D eigenvalue weighted by atomic mass is 14.9. The minimum absolute atomic E-state index is 0.658. The number of hydrogen-bond acceptors (Lipinski definition) is 3. The maximum absolute atomic E-state index is 5.59. The summed E-state index contributed by atoms with van der Waals surface area (Å²) in [5.41, 5.74) is 10.6. The zero-order valence-electron chi connectivity index (χ0n) is 9.87. The van der Waals surface area contributed by atoms with Gasteiger partial charge in [-0.15, -0.1) is 0 Å². The maximum Gasteiger partial charge on any atom is 0.0726 e. The molecule has 88 valence electrons. The Labute approximate surface area is 101 Å². The van der Waals surface area contributed by atoms with Crippen molar-refractivity contribution in [3.05, 3.63) is 35.5 Å². The quantitative estimate of drug-likeness (QED) is 0.844. The van der Waals surface area contributed by atoms with Crippen LogP contribution < -0.4 is 11.1 Å². The van der Waals surface area contributed by atoms with Gasteiger partial charge in [-0.2, -0.15) is 0 Å². The molecule has 0 saturated carbocycles. The molecule has 0 amide bonds. The van der Waals surface area contributed by atoms with Crippen LogP contribution in [-0.2, 0) is 12.8 Å². The molecule has 1 aliphatic rings. The van der Waals surface area contributed by atoms with Crippen LogP contribution in [0.2, 0.25) is 0 Å². The maximum atomic E-state index is 5.59. The summed E-state index contributed by atoms with van der Waals surface area (Å²) in [5, 5.41) is 4.70. The van der Waals surface area contributed by atoms with Gasteiger partial charge in [-0.05, 0) is 30.9 Å². The molecule has 0 unspecified atom stereocenters. The normalized spacial score (nSPS) is 13.9. The number of benzene rings is 1. The third-order valence-corrected chi connectivity index (χ3v) is 3.37. The van der Waals surface area contributed by atoms with E-state index in [2.05, 4.69) is 23.5 Å². The molecular weight excluding hydrogens is 210 g/mol. The first kappa shape index (κ1) is 10.5. The molecular formula is C14H17N3. The monoisotopic (exact) mass is 227 g/mol. The Hall–Kier alpha value is -1.61. The third-order valence-electron chi connectivity index (χ3n) is 3.37. The molecule has 3 N–H and O–H groups in total. The van der Waals surface area contributed by atoms with E-state index in [1.54, 1.807) is 0 Å². The van der Waals surface area contributed by atoms with Crippen molar-refractivity contribution in [1.82, 2.24) is 4.98 Å². The topological polar surface area (TPSA) is 50.9 Å². The van der Waals surface area contributed by atoms with Crippen molar-refractivity contribution in [1.29, 1.82) is 0 Å². The molecule has 3 nitrogen and oxygen atoms in total. The summed E-state index contributed by atoms with van der Waals surface area (Å²) in [5.74, 6) is 0. The molecule has 2 aromatic rings. The SMILES string of the molecule is NCCNc1c2c(nc3ccccc13)CCC2. The van der Waals surface area contributed by atoms with Gasteiger partial charge in [-0.1, -0.05) is 18.2 Å². The van der Waals surface area contributed by atoms with Crippen molar-refractivity contribution >= 4 is 16.6 Å². The van der Waals surface area contributed by atoms with Gasteiger partial charge in [0.1, 0.15) is 0 Å². The van der Waals surface area contributed by atoms with Gasteiger partial charge in [0.05, 0.1) is 5.52 Å². The first-order chi connectivity index (χ1) is 8.40. The number of rotatable bonds is 3. The number of aromatic nitrogens is 1. The van der Waals surface area contributed by atoms with Crippen molar-refractivity contribution in [3.8, 4) is 0 Å². The average Bonchev–Trinajstić information content (AvgIpc) is 2.82. The van der Waals surface area contributed by atoms with E-state index in [4.69, 9.17) is 10.7 Å². The summed E-state index contributed by atoms with van der Waals surface area (Å²) >= 11 is 0. The summed E-state index contributed by atoms with van der Waals surface area (Å²) in [4.78, 5) is 4.75. The van der Waals surface area contributed by atoms with E-state index in [9.17, 15) is 0 Å². The van der Waals surface area contributed by atoms with Crippen LogP contribution in [0.25, 0.3) is 10.9 Å².